The van der Waals surface area contributed by atoms with Gasteiger partial charge in [0.25, 0.3) is 0 Å². The first-order valence-corrected chi connectivity index (χ1v) is 11.5. The quantitative estimate of drug-likeness (QED) is 0.434. The molecule has 6 nitrogen and oxygen atoms in total. The van der Waals surface area contributed by atoms with E-state index < -0.39 is 0 Å². The molecule has 5 rings (SSSR count). The lowest BCUT2D eigenvalue weighted by Crippen LogP contribution is -2.21. The highest BCUT2D eigenvalue weighted by molar-refractivity contribution is 6.30. The summed E-state index contributed by atoms with van der Waals surface area (Å²) in [6.45, 7) is 7.84. The van der Waals surface area contributed by atoms with Crippen LogP contribution in [0, 0.1) is 13.8 Å². The summed E-state index contributed by atoms with van der Waals surface area (Å²) in [5, 5.41) is 8.51. The van der Waals surface area contributed by atoms with E-state index in [4.69, 9.17) is 21.3 Å². The lowest BCUT2D eigenvalue weighted by molar-refractivity contribution is 0.320. The summed E-state index contributed by atoms with van der Waals surface area (Å²) >= 11 is 5.92. The predicted molar refractivity (Wildman–Crippen MR) is 127 cm³/mol. The summed E-state index contributed by atoms with van der Waals surface area (Å²) in [4.78, 5) is 7.31. The van der Waals surface area contributed by atoms with E-state index in [1.165, 1.54) is 11.3 Å². The van der Waals surface area contributed by atoms with Crippen molar-refractivity contribution in [2.24, 2.45) is 0 Å². The Balaban J connectivity index is 1.17. The first-order valence-electron chi connectivity index (χ1n) is 11.1. The van der Waals surface area contributed by atoms with Crippen molar-refractivity contribution >= 4 is 17.2 Å². The molecule has 0 spiro atoms. The topological polar surface area (TPSA) is 58.5 Å². The molecular weight excluding hydrogens is 422 g/mol. The molecule has 0 radical (unpaired) electrons. The van der Waals surface area contributed by atoms with Crippen molar-refractivity contribution in [2.45, 2.75) is 39.2 Å². The third-order valence-corrected chi connectivity index (χ3v) is 6.56. The van der Waals surface area contributed by atoms with Gasteiger partial charge < -0.3 is 9.14 Å². The molecule has 1 fully saturated rings. The summed E-state index contributed by atoms with van der Waals surface area (Å²) in [7, 11) is 0. The maximum atomic E-state index is 5.92. The predicted octanol–water partition coefficient (Wildman–Crippen LogP) is 4.94. The molecule has 1 aromatic carbocycles. The Kier molecular flexibility index (Phi) is 5.89. The molecule has 7 heteroatoms. The standard InChI is InChI=1S/C25H28ClN5O/c1-17-4-3-11-31-24(18(2)27-25(17)31)16-30-12-9-19(15-30)23-14-21(28-29-23)10-13-32-22-7-5-20(26)6-8-22/h3-8,11,14,19H,9-10,12-13,15-16H2,1-2H3,(H,28,29). The number of nitrogens with zero attached hydrogens (tertiary/aromatic N) is 4. The van der Waals surface area contributed by atoms with Gasteiger partial charge in [-0.05, 0) is 68.8 Å². The fourth-order valence-corrected chi connectivity index (χ4v) is 4.64. The van der Waals surface area contributed by atoms with E-state index in [9.17, 15) is 0 Å². The number of imidazole rings is 1. The number of pyridine rings is 1. The van der Waals surface area contributed by atoms with Gasteiger partial charge in [0.2, 0.25) is 0 Å². The van der Waals surface area contributed by atoms with E-state index in [1.807, 2.05) is 24.3 Å². The molecule has 1 atom stereocenters. The summed E-state index contributed by atoms with van der Waals surface area (Å²) in [5.74, 6) is 1.29. The zero-order valence-corrected chi connectivity index (χ0v) is 19.3. The van der Waals surface area contributed by atoms with E-state index >= 15 is 0 Å². The third-order valence-electron chi connectivity index (χ3n) is 6.31. The zero-order valence-electron chi connectivity index (χ0n) is 18.5. The molecule has 1 unspecified atom stereocenters. The van der Waals surface area contributed by atoms with Crippen molar-refractivity contribution in [1.82, 2.24) is 24.5 Å². The van der Waals surface area contributed by atoms with E-state index in [0.29, 0.717) is 17.5 Å². The van der Waals surface area contributed by atoms with Gasteiger partial charge in [0, 0.05) is 42.3 Å². The maximum Gasteiger partial charge on any atom is 0.140 e. The number of aromatic nitrogens is 4. The van der Waals surface area contributed by atoms with Crippen molar-refractivity contribution in [3.8, 4) is 5.75 Å². The minimum absolute atomic E-state index is 0.457. The van der Waals surface area contributed by atoms with Crippen LogP contribution in [0.25, 0.3) is 5.65 Å². The van der Waals surface area contributed by atoms with Gasteiger partial charge in [0.15, 0.2) is 0 Å². The minimum atomic E-state index is 0.457. The second-order valence-corrected chi connectivity index (χ2v) is 9.06. The fraction of sp³-hybridized carbons (Fsp3) is 0.360. The zero-order chi connectivity index (χ0) is 22.1. The molecule has 166 valence electrons. The Bertz CT molecular complexity index is 1210. The lowest BCUT2D eigenvalue weighted by atomic mass is 10.0. The summed E-state index contributed by atoms with van der Waals surface area (Å²) < 4.78 is 8.05. The number of hydrogen-bond donors (Lipinski definition) is 1. The molecule has 32 heavy (non-hydrogen) atoms. The Morgan fingerprint density at radius 3 is 2.88 bits per heavy atom. The largest absolute Gasteiger partial charge is 0.493 e. The second kappa shape index (κ2) is 8.96. The van der Waals surface area contributed by atoms with E-state index in [0.717, 1.165) is 61.0 Å². The van der Waals surface area contributed by atoms with E-state index in [2.05, 4.69) is 57.7 Å². The van der Waals surface area contributed by atoms with Crippen molar-refractivity contribution in [3.63, 3.8) is 0 Å². The molecule has 0 amide bonds. The number of hydrogen-bond acceptors (Lipinski definition) is 4. The van der Waals surface area contributed by atoms with Crippen LogP contribution in [-0.2, 0) is 13.0 Å². The normalized spacial score (nSPS) is 16.8. The van der Waals surface area contributed by atoms with Crippen molar-refractivity contribution < 1.29 is 4.74 Å². The molecule has 3 aromatic heterocycles. The SMILES string of the molecule is Cc1nc2c(C)cccn2c1CN1CCC(c2cc(CCOc3ccc(Cl)cc3)[nH]n2)C1. The second-order valence-electron chi connectivity index (χ2n) is 8.62. The number of likely N-dealkylation sites (tertiary alicyclic amines) is 1. The van der Waals surface area contributed by atoms with Crippen LogP contribution in [0.4, 0.5) is 0 Å². The highest BCUT2D eigenvalue weighted by Gasteiger charge is 2.27. The number of halogens is 1. The number of H-pyrrole nitrogens is 1. The Morgan fingerprint density at radius 1 is 1.19 bits per heavy atom. The number of nitrogens with one attached hydrogen (secondary N) is 1. The average Bonchev–Trinajstić information content (AvgIpc) is 3.51. The molecule has 4 aromatic rings. The summed E-state index contributed by atoms with van der Waals surface area (Å²) in [6.07, 6.45) is 4.05. The molecule has 0 saturated carbocycles. The molecule has 1 N–H and O–H groups in total. The van der Waals surface area contributed by atoms with Gasteiger partial charge in [0.1, 0.15) is 11.4 Å². The van der Waals surface area contributed by atoms with Gasteiger partial charge in [-0.2, -0.15) is 5.10 Å². The fourth-order valence-electron chi connectivity index (χ4n) is 4.51. The average molecular weight is 450 g/mol. The maximum absolute atomic E-state index is 5.92. The van der Waals surface area contributed by atoms with E-state index in [1.54, 1.807) is 0 Å². The van der Waals surface area contributed by atoms with Crippen molar-refractivity contribution in [2.75, 3.05) is 19.7 Å². The molecule has 0 aliphatic carbocycles. The van der Waals surface area contributed by atoms with Gasteiger partial charge in [-0.25, -0.2) is 4.98 Å². The van der Waals surface area contributed by atoms with Crippen LogP contribution in [0.15, 0.2) is 48.7 Å². The number of rotatable bonds is 7. The van der Waals surface area contributed by atoms with Crippen molar-refractivity contribution in [1.29, 1.82) is 0 Å². The van der Waals surface area contributed by atoms with Gasteiger partial charge >= 0.3 is 0 Å². The van der Waals surface area contributed by atoms with Crippen molar-refractivity contribution in [3.05, 3.63) is 82.0 Å². The summed E-state index contributed by atoms with van der Waals surface area (Å²) in [5.41, 5.74) is 6.94. The monoisotopic (exact) mass is 449 g/mol. The number of aromatic amines is 1. The Labute approximate surface area is 193 Å². The molecule has 1 aliphatic heterocycles. The Hall–Kier alpha value is -2.83. The van der Waals surface area contributed by atoms with Crippen LogP contribution in [-0.4, -0.2) is 44.2 Å². The molecule has 4 heterocycles. The Morgan fingerprint density at radius 2 is 2.03 bits per heavy atom. The molecule has 1 saturated heterocycles. The van der Waals surface area contributed by atoms with Crippen LogP contribution in [0.5, 0.6) is 5.75 Å². The molecule has 0 bridgehead atoms. The van der Waals surface area contributed by atoms with Gasteiger partial charge in [-0.15, -0.1) is 0 Å². The van der Waals surface area contributed by atoms with Crippen LogP contribution >= 0.6 is 11.6 Å². The van der Waals surface area contributed by atoms with Crippen LogP contribution < -0.4 is 4.74 Å². The number of aryl methyl sites for hydroxylation is 2. The third kappa shape index (κ3) is 4.38. The van der Waals surface area contributed by atoms with Crippen LogP contribution in [0.3, 0.4) is 0 Å². The minimum Gasteiger partial charge on any atom is -0.493 e. The smallest absolute Gasteiger partial charge is 0.140 e. The van der Waals surface area contributed by atoms with Crippen LogP contribution in [0.1, 0.15) is 40.7 Å². The van der Waals surface area contributed by atoms with E-state index in [-0.39, 0.29) is 0 Å². The van der Waals surface area contributed by atoms with Gasteiger partial charge in [-0.1, -0.05) is 17.7 Å². The highest BCUT2D eigenvalue weighted by Crippen LogP contribution is 2.28. The number of fused-ring (bicyclic) bond motifs is 1. The number of ether oxygens (including phenoxy) is 1. The van der Waals surface area contributed by atoms with Gasteiger partial charge in [-0.3, -0.25) is 10.00 Å². The molecular formula is C25H28ClN5O. The first-order chi connectivity index (χ1) is 15.6. The number of benzene rings is 1. The first kappa shape index (κ1) is 21.0. The van der Waals surface area contributed by atoms with Gasteiger partial charge in [0.05, 0.1) is 23.7 Å². The molecule has 1 aliphatic rings. The highest BCUT2D eigenvalue weighted by atomic mass is 35.5. The van der Waals surface area contributed by atoms with Crippen LogP contribution in [0.2, 0.25) is 5.02 Å². The summed E-state index contributed by atoms with van der Waals surface area (Å²) in [6, 6.07) is 13.9. The lowest BCUT2D eigenvalue weighted by Gasteiger charge is -2.16.